The molecule has 0 radical (unpaired) electrons. The van der Waals surface area contributed by atoms with Crippen molar-refractivity contribution in [2.45, 2.75) is 97.0 Å². The fourth-order valence-electron chi connectivity index (χ4n) is 6.02. The van der Waals surface area contributed by atoms with Crippen molar-refractivity contribution < 1.29 is 33.4 Å². The summed E-state index contributed by atoms with van der Waals surface area (Å²) in [6.45, 7) is 7.66. The van der Waals surface area contributed by atoms with Crippen LogP contribution in [-0.4, -0.2) is 54.0 Å². The van der Waals surface area contributed by atoms with Crippen molar-refractivity contribution >= 4 is 17.8 Å². The molecule has 2 saturated carbocycles. The maximum atomic E-state index is 13.5. The Morgan fingerprint density at radius 1 is 1.11 bits per heavy atom. The summed E-state index contributed by atoms with van der Waals surface area (Å²) in [4.78, 5) is 39.0. The maximum absolute atomic E-state index is 13.5. The Morgan fingerprint density at radius 3 is 2.46 bits per heavy atom. The molecule has 1 aromatic heterocycles. The van der Waals surface area contributed by atoms with E-state index >= 15 is 0 Å². The van der Waals surface area contributed by atoms with E-state index in [0.717, 1.165) is 44.3 Å². The molecule has 2 heterocycles. The summed E-state index contributed by atoms with van der Waals surface area (Å²) in [6.07, 6.45) is 7.26. The Hall–Kier alpha value is -2.39. The van der Waals surface area contributed by atoms with Crippen LogP contribution in [0.1, 0.15) is 78.4 Å². The highest BCUT2D eigenvalue weighted by Crippen LogP contribution is 2.45. The number of ether oxygens (including phenoxy) is 2. The number of hydrogen-bond donors (Lipinski definition) is 3. The zero-order chi connectivity index (χ0) is 26.8. The molecule has 1 aliphatic heterocycles. The predicted molar refractivity (Wildman–Crippen MR) is 135 cm³/mol. The van der Waals surface area contributed by atoms with E-state index < -0.39 is 34.6 Å². The third kappa shape index (κ3) is 6.20. The minimum Gasteiger partial charge on any atom is -0.481 e. The molecular formula is C28H42N2O7. The zero-order valence-corrected chi connectivity index (χ0v) is 22.5. The van der Waals surface area contributed by atoms with Gasteiger partial charge in [-0.05, 0) is 57.6 Å². The fourth-order valence-corrected chi connectivity index (χ4v) is 6.02. The number of hydrogen-bond acceptors (Lipinski definition) is 6. The van der Waals surface area contributed by atoms with Gasteiger partial charge in [0.05, 0.1) is 24.2 Å². The monoisotopic (exact) mass is 518 g/mol. The molecular weight excluding hydrogens is 476 g/mol. The van der Waals surface area contributed by atoms with Crippen LogP contribution in [0, 0.1) is 22.7 Å². The van der Waals surface area contributed by atoms with Crippen molar-refractivity contribution in [1.29, 1.82) is 0 Å². The number of carbonyl (C=O) groups excluding carboxylic acids is 2. The first-order valence-corrected chi connectivity index (χ1v) is 13.6. The highest BCUT2D eigenvalue weighted by Gasteiger charge is 2.48. The average molecular weight is 519 g/mol. The van der Waals surface area contributed by atoms with E-state index in [1.807, 2.05) is 26.0 Å². The van der Waals surface area contributed by atoms with Crippen LogP contribution in [0.3, 0.4) is 0 Å². The summed E-state index contributed by atoms with van der Waals surface area (Å²) in [5, 5.41) is 16.2. The molecule has 3 N–H and O–H groups in total. The molecule has 9 heteroatoms. The van der Waals surface area contributed by atoms with Crippen LogP contribution in [0.2, 0.25) is 0 Å². The molecule has 1 saturated heterocycles. The Bertz CT molecular complexity index is 967. The van der Waals surface area contributed by atoms with Gasteiger partial charge in [-0.3, -0.25) is 14.4 Å². The molecule has 4 rings (SSSR count). The van der Waals surface area contributed by atoms with Gasteiger partial charge in [0, 0.05) is 24.4 Å². The number of nitrogens with one attached hydrogen (secondary N) is 2. The van der Waals surface area contributed by atoms with Crippen molar-refractivity contribution in [3.05, 3.63) is 24.2 Å². The Morgan fingerprint density at radius 2 is 1.84 bits per heavy atom. The second-order valence-electron chi connectivity index (χ2n) is 12.3. The lowest BCUT2D eigenvalue weighted by molar-refractivity contribution is -0.304. The minimum absolute atomic E-state index is 0.0139. The fraction of sp³-hybridized carbons (Fsp3) is 0.750. The first-order valence-electron chi connectivity index (χ1n) is 13.6. The van der Waals surface area contributed by atoms with Crippen LogP contribution in [0.15, 0.2) is 22.8 Å². The van der Waals surface area contributed by atoms with Crippen LogP contribution < -0.4 is 10.6 Å². The van der Waals surface area contributed by atoms with E-state index in [4.69, 9.17) is 13.9 Å². The second kappa shape index (κ2) is 10.8. The highest BCUT2D eigenvalue weighted by molar-refractivity contribution is 5.84. The average Bonchev–Trinajstić information content (AvgIpc) is 3.32. The molecule has 3 fully saturated rings. The maximum Gasteiger partial charge on any atom is 0.308 e. The van der Waals surface area contributed by atoms with Crippen molar-refractivity contribution in [1.82, 2.24) is 10.6 Å². The van der Waals surface area contributed by atoms with Gasteiger partial charge in [-0.2, -0.15) is 0 Å². The Labute approximate surface area is 219 Å². The van der Waals surface area contributed by atoms with Crippen LogP contribution >= 0.6 is 0 Å². The van der Waals surface area contributed by atoms with Gasteiger partial charge in [0.1, 0.15) is 11.9 Å². The lowest BCUT2D eigenvalue weighted by Crippen LogP contribution is -2.58. The van der Waals surface area contributed by atoms with Crippen LogP contribution in [0.5, 0.6) is 0 Å². The summed E-state index contributed by atoms with van der Waals surface area (Å²) in [7, 11) is 0. The molecule has 2 aliphatic carbocycles. The van der Waals surface area contributed by atoms with Gasteiger partial charge in [-0.25, -0.2) is 0 Å². The van der Waals surface area contributed by atoms with Crippen molar-refractivity contribution in [2.24, 2.45) is 22.7 Å². The molecule has 3 aliphatic rings. The first-order chi connectivity index (χ1) is 17.4. The molecule has 206 valence electrons. The number of furan rings is 1. The van der Waals surface area contributed by atoms with E-state index in [-0.39, 0.29) is 30.3 Å². The number of aliphatic carboxylic acids is 1. The molecule has 0 spiro atoms. The third-order valence-corrected chi connectivity index (χ3v) is 8.49. The molecule has 1 aromatic rings. The van der Waals surface area contributed by atoms with Crippen molar-refractivity contribution in [2.75, 3.05) is 13.2 Å². The normalized spacial score (nSPS) is 28.9. The lowest BCUT2D eigenvalue weighted by atomic mass is 9.65. The third-order valence-electron chi connectivity index (χ3n) is 8.49. The summed E-state index contributed by atoms with van der Waals surface area (Å²) in [6, 6.07) is 3.48. The molecule has 37 heavy (non-hydrogen) atoms. The van der Waals surface area contributed by atoms with E-state index in [2.05, 4.69) is 10.6 Å². The minimum atomic E-state index is -0.965. The molecule has 0 bridgehead atoms. The van der Waals surface area contributed by atoms with E-state index in [1.165, 1.54) is 0 Å². The van der Waals surface area contributed by atoms with E-state index in [9.17, 15) is 19.5 Å². The van der Waals surface area contributed by atoms with Gasteiger partial charge >= 0.3 is 5.97 Å². The standard InChI is InChI=1S/C28H42N2O7/c1-26(2)17-36-27(3,4)37-22(26)23(31)29-16-20(24(32)33)19-10-5-6-11-21(19)30-25(34)28(12-8-13-28)15-18-9-7-14-35-18/h7,9,14,19-22H,5-6,8,10-13,15-17H2,1-4H3,(H,29,31)(H,30,34)(H,32,33). The predicted octanol–water partition coefficient (Wildman–Crippen LogP) is 3.66. The first kappa shape index (κ1) is 27.6. The molecule has 9 nitrogen and oxygen atoms in total. The van der Waals surface area contributed by atoms with Crippen LogP contribution in [0.4, 0.5) is 0 Å². The number of rotatable bonds is 9. The summed E-state index contributed by atoms with van der Waals surface area (Å²) < 4.78 is 17.1. The highest BCUT2D eigenvalue weighted by atomic mass is 16.7. The van der Waals surface area contributed by atoms with Crippen molar-refractivity contribution in [3.8, 4) is 0 Å². The summed E-state index contributed by atoms with van der Waals surface area (Å²) >= 11 is 0. The number of carboxylic acid groups (broad SMARTS) is 1. The van der Waals surface area contributed by atoms with Gasteiger partial charge in [0.15, 0.2) is 5.79 Å². The van der Waals surface area contributed by atoms with E-state index in [1.54, 1.807) is 20.1 Å². The quantitative estimate of drug-likeness (QED) is 0.455. The number of carboxylic acids is 1. The van der Waals surface area contributed by atoms with Crippen LogP contribution in [0.25, 0.3) is 0 Å². The number of carbonyl (C=O) groups is 3. The van der Waals surface area contributed by atoms with Crippen molar-refractivity contribution in [3.63, 3.8) is 0 Å². The summed E-state index contributed by atoms with van der Waals surface area (Å²) in [5.41, 5.74) is -1.05. The van der Waals surface area contributed by atoms with Crippen LogP contribution in [-0.2, 0) is 30.3 Å². The largest absolute Gasteiger partial charge is 0.481 e. The van der Waals surface area contributed by atoms with Gasteiger partial charge in [-0.1, -0.05) is 33.1 Å². The van der Waals surface area contributed by atoms with Gasteiger partial charge in [0.25, 0.3) is 0 Å². The Balaban J connectivity index is 1.42. The van der Waals surface area contributed by atoms with Gasteiger partial charge in [0.2, 0.25) is 11.8 Å². The smallest absolute Gasteiger partial charge is 0.308 e. The zero-order valence-electron chi connectivity index (χ0n) is 22.5. The van der Waals surface area contributed by atoms with Gasteiger partial charge < -0.3 is 29.6 Å². The summed E-state index contributed by atoms with van der Waals surface area (Å²) in [5.74, 6) is -2.49. The van der Waals surface area contributed by atoms with Gasteiger partial charge in [-0.15, -0.1) is 0 Å². The SMILES string of the molecule is CC1(C)OCC(C)(C)C(C(=O)NCC(C(=O)O)C2CCCCC2NC(=O)C2(Cc3ccco3)CCC2)O1. The second-order valence-corrected chi connectivity index (χ2v) is 12.3. The topological polar surface area (TPSA) is 127 Å². The lowest BCUT2D eigenvalue weighted by Gasteiger charge is -2.45. The van der Waals surface area contributed by atoms with E-state index in [0.29, 0.717) is 19.4 Å². The molecule has 0 aromatic carbocycles. The number of amides is 2. The Kier molecular flexibility index (Phi) is 8.04. The molecule has 4 atom stereocenters. The molecule has 2 amide bonds. The molecule has 4 unspecified atom stereocenters.